The van der Waals surface area contributed by atoms with Crippen LogP contribution in [-0.4, -0.2) is 6.72 Å². The van der Waals surface area contributed by atoms with Crippen molar-refractivity contribution >= 4 is 18.0 Å². The zero-order valence-corrected chi connectivity index (χ0v) is 9.26. The summed E-state index contributed by atoms with van der Waals surface area (Å²) in [5, 5.41) is 0. The lowest BCUT2D eigenvalue weighted by molar-refractivity contribution is 0.623. The van der Waals surface area contributed by atoms with E-state index in [1.165, 1.54) is 6.07 Å². The maximum atomic E-state index is 13.7. The lowest BCUT2D eigenvalue weighted by Crippen LogP contribution is -1.90. The molecule has 0 saturated carbocycles. The van der Waals surface area contributed by atoms with Crippen molar-refractivity contribution in [2.75, 3.05) is 0 Å². The summed E-state index contributed by atoms with van der Waals surface area (Å²) in [6.45, 7) is 7.52. The Hall–Kier alpha value is -1.44. The van der Waals surface area contributed by atoms with Crippen molar-refractivity contribution in [3.05, 3.63) is 35.7 Å². The molecule has 0 aliphatic carbocycles. The highest BCUT2D eigenvalue weighted by atomic mass is 19.1. The predicted octanol–water partition coefficient (Wildman–Crippen LogP) is 4.36. The van der Waals surface area contributed by atoms with E-state index in [4.69, 9.17) is 0 Å². The average Bonchev–Trinajstić information content (AvgIpc) is 2.26. The van der Waals surface area contributed by atoms with Gasteiger partial charge >= 0.3 is 0 Å². The van der Waals surface area contributed by atoms with Crippen LogP contribution in [0.1, 0.15) is 32.3 Å². The maximum Gasteiger partial charge on any atom is 0.132 e. The monoisotopic (exact) mass is 205 g/mol. The van der Waals surface area contributed by atoms with Gasteiger partial charge in [0.2, 0.25) is 0 Å². The Kier molecular flexibility index (Phi) is 4.22. The highest BCUT2D eigenvalue weighted by molar-refractivity contribution is 5.75. The van der Waals surface area contributed by atoms with Crippen LogP contribution >= 0.6 is 0 Å². The second-order valence-electron chi connectivity index (χ2n) is 3.28. The van der Waals surface area contributed by atoms with Gasteiger partial charge in [0.25, 0.3) is 0 Å². The minimum atomic E-state index is -0.221. The third-order valence-corrected chi connectivity index (χ3v) is 2.31. The second-order valence-corrected chi connectivity index (χ2v) is 3.28. The number of halogens is 1. The standard InChI is InChI=1S/C13H16FN/c1-4-7-10(5-2)13-11(14)8-6-9-12(13)15-3/h6-9H,3-5H2,1-2H3/b10-7-. The molecule has 1 aromatic carbocycles. The molecule has 15 heavy (non-hydrogen) atoms. The quantitative estimate of drug-likeness (QED) is 0.647. The highest BCUT2D eigenvalue weighted by Gasteiger charge is 2.10. The first-order valence-corrected chi connectivity index (χ1v) is 5.19. The van der Waals surface area contributed by atoms with E-state index in [9.17, 15) is 4.39 Å². The van der Waals surface area contributed by atoms with Crippen LogP contribution in [0.5, 0.6) is 0 Å². The number of hydrogen-bond donors (Lipinski definition) is 0. The van der Waals surface area contributed by atoms with Gasteiger partial charge in [-0.2, -0.15) is 0 Å². The Balaban J connectivity index is 3.32. The highest BCUT2D eigenvalue weighted by Crippen LogP contribution is 2.30. The van der Waals surface area contributed by atoms with Crippen LogP contribution in [0.4, 0.5) is 10.1 Å². The summed E-state index contributed by atoms with van der Waals surface area (Å²) in [5.74, 6) is -0.221. The van der Waals surface area contributed by atoms with E-state index in [0.717, 1.165) is 18.4 Å². The first-order valence-electron chi connectivity index (χ1n) is 5.19. The first kappa shape index (κ1) is 11.6. The normalized spacial score (nSPS) is 11.5. The van der Waals surface area contributed by atoms with E-state index in [0.29, 0.717) is 11.3 Å². The van der Waals surface area contributed by atoms with Crippen LogP contribution in [0, 0.1) is 5.82 Å². The van der Waals surface area contributed by atoms with Gasteiger partial charge in [0.15, 0.2) is 0 Å². The van der Waals surface area contributed by atoms with Crippen molar-refractivity contribution in [1.29, 1.82) is 0 Å². The molecule has 0 aromatic heterocycles. The van der Waals surface area contributed by atoms with Crippen LogP contribution in [0.15, 0.2) is 29.3 Å². The van der Waals surface area contributed by atoms with E-state index in [-0.39, 0.29) is 5.82 Å². The molecule has 0 fully saturated rings. The largest absolute Gasteiger partial charge is 0.264 e. The Labute approximate surface area is 90.4 Å². The van der Waals surface area contributed by atoms with Gasteiger partial charge in [0.05, 0.1) is 5.69 Å². The molecule has 0 spiro atoms. The van der Waals surface area contributed by atoms with Gasteiger partial charge in [0, 0.05) is 5.56 Å². The second kappa shape index (κ2) is 5.44. The van der Waals surface area contributed by atoms with E-state index in [2.05, 4.69) is 11.7 Å². The Morgan fingerprint density at radius 1 is 1.47 bits per heavy atom. The minimum absolute atomic E-state index is 0.221. The third kappa shape index (κ3) is 2.52. The minimum Gasteiger partial charge on any atom is -0.264 e. The summed E-state index contributed by atoms with van der Waals surface area (Å²) in [6.07, 6.45) is 3.73. The van der Waals surface area contributed by atoms with Gasteiger partial charge in [-0.15, -0.1) is 0 Å². The van der Waals surface area contributed by atoms with E-state index in [1.54, 1.807) is 12.1 Å². The summed E-state index contributed by atoms with van der Waals surface area (Å²) in [7, 11) is 0. The topological polar surface area (TPSA) is 12.4 Å². The van der Waals surface area contributed by atoms with Crippen LogP contribution in [-0.2, 0) is 0 Å². The molecule has 0 bridgehead atoms. The molecule has 0 radical (unpaired) electrons. The van der Waals surface area contributed by atoms with Gasteiger partial charge in [-0.1, -0.05) is 26.0 Å². The predicted molar refractivity (Wildman–Crippen MR) is 64.2 cm³/mol. The van der Waals surface area contributed by atoms with Gasteiger partial charge in [-0.3, -0.25) is 4.99 Å². The van der Waals surface area contributed by atoms with Gasteiger partial charge in [-0.05, 0) is 37.3 Å². The summed E-state index contributed by atoms with van der Waals surface area (Å²) >= 11 is 0. The lowest BCUT2D eigenvalue weighted by atomic mass is 10.00. The molecule has 0 aliphatic heterocycles. The molecular weight excluding hydrogens is 189 g/mol. The van der Waals surface area contributed by atoms with Crippen molar-refractivity contribution in [3.8, 4) is 0 Å². The molecule has 0 heterocycles. The summed E-state index contributed by atoms with van der Waals surface area (Å²) in [5.41, 5.74) is 2.21. The molecule has 1 nitrogen and oxygen atoms in total. The Bertz CT molecular complexity index is 380. The fourth-order valence-electron chi connectivity index (χ4n) is 1.63. The number of allylic oxidation sites excluding steroid dienone is 2. The molecule has 0 atom stereocenters. The van der Waals surface area contributed by atoms with Gasteiger partial charge < -0.3 is 0 Å². The van der Waals surface area contributed by atoms with Crippen molar-refractivity contribution in [2.45, 2.75) is 26.7 Å². The molecule has 1 aromatic rings. The summed E-state index contributed by atoms with van der Waals surface area (Å²) in [4.78, 5) is 3.85. The number of nitrogens with zero attached hydrogens (tertiary/aromatic N) is 1. The number of aliphatic imine (C=N–C) groups is 1. The molecule has 1 rings (SSSR count). The van der Waals surface area contributed by atoms with Crippen molar-refractivity contribution in [3.63, 3.8) is 0 Å². The smallest absolute Gasteiger partial charge is 0.132 e. The molecule has 0 unspecified atom stereocenters. The number of hydrogen-bond acceptors (Lipinski definition) is 1. The molecule has 0 amide bonds. The molecule has 0 N–H and O–H groups in total. The van der Waals surface area contributed by atoms with Crippen molar-refractivity contribution in [1.82, 2.24) is 0 Å². The molecule has 80 valence electrons. The molecule has 0 aliphatic rings. The fraction of sp³-hybridized carbons (Fsp3) is 0.308. The number of rotatable bonds is 4. The molecule has 0 saturated heterocycles. The van der Waals surface area contributed by atoms with E-state index in [1.807, 2.05) is 19.9 Å². The lowest BCUT2D eigenvalue weighted by Gasteiger charge is -2.09. The average molecular weight is 205 g/mol. The maximum absolute atomic E-state index is 13.7. The zero-order chi connectivity index (χ0) is 11.3. The van der Waals surface area contributed by atoms with Crippen LogP contribution in [0.3, 0.4) is 0 Å². The van der Waals surface area contributed by atoms with Crippen molar-refractivity contribution in [2.24, 2.45) is 4.99 Å². The molecular formula is C13H16FN. The van der Waals surface area contributed by atoms with Crippen LogP contribution < -0.4 is 0 Å². The number of benzene rings is 1. The first-order chi connectivity index (χ1) is 7.24. The zero-order valence-electron chi connectivity index (χ0n) is 9.26. The van der Waals surface area contributed by atoms with E-state index < -0.39 is 0 Å². The SMILES string of the molecule is C=Nc1cccc(F)c1/C(=C\CC)CC. The van der Waals surface area contributed by atoms with Crippen molar-refractivity contribution < 1.29 is 4.39 Å². The fourth-order valence-corrected chi connectivity index (χ4v) is 1.63. The Morgan fingerprint density at radius 3 is 2.73 bits per heavy atom. The van der Waals surface area contributed by atoms with Gasteiger partial charge in [-0.25, -0.2) is 4.39 Å². The van der Waals surface area contributed by atoms with Gasteiger partial charge in [0.1, 0.15) is 5.82 Å². The summed E-state index contributed by atoms with van der Waals surface area (Å²) in [6, 6.07) is 4.90. The van der Waals surface area contributed by atoms with Crippen LogP contribution in [0.25, 0.3) is 5.57 Å². The van der Waals surface area contributed by atoms with E-state index >= 15 is 0 Å². The van der Waals surface area contributed by atoms with Crippen LogP contribution in [0.2, 0.25) is 0 Å². The molecule has 2 heteroatoms. The Morgan fingerprint density at radius 2 is 2.20 bits per heavy atom. The summed E-state index contributed by atoms with van der Waals surface area (Å²) < 4.78 is 13.7. The third-order valence-electron chi connectivity index (χ3n) is 2.31.